The molecule has 2 aromatic carbocycles. The quantitative estimate of drug-likeness (QED) is 0.942. The van der Waals surface area contributed by atoms with E-state index in [1.165, 1.54) is 16.3 Å². The second-order valence-electron chi connectivity index (χ2n) is 6.07. The van der Waals surface area contributed by atoms with E-state index < -0.39 is 0 Å². The number of morpholine rings is 1. The number of fused-ring (bicyclic) bond motifs is 1. The van der Waals surface area contributed by atoms with E-state index in [1.54, 1.807) is 0 Å². The molecule has 2 N–H and O–H groups in total. The summed E-state index contributed by atoms with van der Waals surface area (Å²) in [6.45, 7) is 6.79. The lowest BCUT2D eigenvalue weighted by atomic mass is 9.99. The highest BCUT2D eigenvalue weighted by Gasteiger charge is 2.28. The maximum Gasteiger partial charge on any atom is 0.0678 e. The molecular formula is C18H24N2O. The van der Waals surface area contributed by atoms with Crippen molar-refractivity contribution in [3.8, 4) is 0 Å². The highest BCUT2D eigenvalue weighted by molar-refractivity contribution is 5.83. The summed E-state index contributed by atoms with van der Waals surface area (Å²) in [5.41, 5.74) is 7.39. The predicted molar refractivity (Wildman–Crippen MR) is 87.3 cm³/mol. The van der Waals surface area contributed by atoms with Crippen molar-refractivity contribution in [2.75, 3.05) is 19.6 Å². The van der Waals surface area contributed by atoms with Gasteiger partial charge in [0, 0.05) is 25.7 Å². The van der Waals surface area contributed by atoms with E-state index in [-0.39, 0.29) is 18.2 Å². The zero-order valence-electron chi connectivity index (χ0n) is 12.8. The Morgan fingerprint density at radius 3 is 2.43 bits per heavy atom. The Kier molecular flexibility index (Phi) is 4.24. The molecule has 0 aromatic heterocycles. The second-order valence-corrected chi connectivity index (χ2v) is 6.07. The standard InChI is InChI=1S/C18H24N2O/c1-13-11-20(12-14(2)21-13)18(10-19)17-8-7-15-5-3-4-6-16(15)9-17/h3-9,13-14,18H,10-12,19H2,1-2H3/t13-,14+,18?. The van der Waals surface area contributed by atoms with Crippen LogP contribution in [-0.2, 0) is 4.74 Å². The number of hydrogen-bond acceptors (Lipinski definition) is 3. The van der Waals surface area contributed by atoms with Gasteiger partial charge in [-0.25, -0.2) is 0 Å². The molecule has 1 heterocycles. The first-order valence-electron chi connectivity index (χ1n) is 7.75. The monoisotopic (exact) mass is 284 g/mol. The molecule has 1 aliphatic rings. The smallest absolute Gasteiger partial charge is 0.0678 e. The number of hydrogen-bond donors (Lipinski definition) is 1. The van der Waals surface area contributed by atoms with Crippen molar-refractivity contribution in [3.63, 3.8) is 0 Å². The Morgan fingerprint density at radius 2 is 1.76 bits per heavy atom. The van der Waals surface area contributed by atoms with E-state index in [4.69, 9.17) is 10.5 Å². The van der Waals surface area contributed by atoms with Crippen molar-refractivity contribution >= 4 is 10.8 Å². The molecule has 1 aliphatic heterocycles. The molecule has 3 atom stereocenters. The number of nitrogens with two attached hydrogens (primary N) is 1. The van der Waals surface area contributed by atoms with Crippen molar-refractivity contribution in [2.24, 2.45) is 5.73 Å². The fourth-order valence-corrected chi connectivity index (χ4v) is 3.38. The van der Waals surface area contributed by atoms with Crippen LogP contribution in [0.2, 0.25) is 0 Å². The van der Waals surface area contributed by atoms with Crippen molar-refractivity contribution in [1.29, 1.82) is 0 Å². The lowest BCUT2D eigenvalue weighted by molar-refractivity contribution is -0.0799. The van der Waals surface area contributed by atoms with Gasteiger partial charge in [-0.1, -0.05) is 36.4 Å². The second kappa shape index (κ2) is 6.14. The van der Waals surface area contributed by atoms with Crippen molar-refractivity contribution in [2.45, 2.75) is 32.1 Å². The predicted octanol–water partition coefficient (Wildman–Crippen LogP) is 2.95. The van der Waals surface area contributed by atoms with Gasteiger partial charge in [0.15, 0.2) is 0 Å². The Morgan fingerprint density at radius 1 is 1.10 bits per heavy atom. The molecule has 0 spiro atoms. The maximum absolute atomic E-state index is 6.09. The minimum Gasteiger partial charge on any atom is -0.373 e. The van der Waals surface area contributed by atoms with Crippen molar-refractivity contribution in [1.82, 2.24) is 4.90 Å². The summed E-state index contributed by atoms with van der Waals surface area (Å²) in [7, 11) is 0. The van der Waals surface area contributed by atoms with Crippen LogP contribution in [0, 0.1) is 0 Å². The molecule has 0 amide bonds. The maximum atomic E-state index is 6.09. The molecule has 0 saturated carbocycles. The fourth-order valence-electron chi connectivity index (χ4n) is 3.38. The highest BCUT2D eigenvalue weighted by Crippen LogP contribution is 2.26. The lowest BCUT2D eigenvalue weighted by Crippen LogP contribution is -2.48. The molecular weight excluding hydrogens is 260 g/mol. The molecule has 1 saturated heterocycles. The minimum absolute atomic E-state index is 0.267. The van der Waals surface area contributed by atoms with Gasteiger partial charge in [-0.3, -0.25) is 4.90 Å². The molecule has 0 radical (unpaired) electrons. The Bertz CT molecular complexity index is 603. The third-order valence-corrected chi connectivity index (χ3v) is 4.27. The average molecular weight is 284 g/mol. The van der Waals surface area contributed by atoms with Crippen LogP contribution in [0.3, 0.4) is 0 Å². The Labute approximate surface area is 126 Å². The van der Waals surface area contributed by atoms with Crippen LogP contribution in [0.25, 0.3) is 10.8 Å². The Balaban J connectivity index is 1.90. The summed E-state index contributed by atoms with van der Waals surface area (Å²) in [6, 6.07) is 15.4. The van der Waals surface area contributed by atoms with Gasteiger partial charge in [0.1, 0.15) is 0 Å². The van der Waals surface area contributed by atoms with Gasteiger partial charge < -0.3 is 10.5 Å². The fraction of sp³-hybridized carbons (Fsp3) is 0.444. The number of ether oxygens (including phenoxy) is 1. The number of rotatable bonds is 3. The summed E-state index contributed by atoms with van der Waals surface area (Å²) in [5.74, 6) is 0. The lowest BCUT2D eigenvalue weighted by Gasteiger charge is -2.40. The first kappa shape index (κ1) is 14.5. The molecule has 2 aromatic rings. The van der Waals surface area contributed by atoms with Crippen LogP contribution in [-0.4, -0.2) is 36.7 Å². The summed E-state index contributed by atoms with van der Waals surface area (Å²) in [5, 5.41) is 2.56. The molecule has 3 rings (SSSR count). The summed E-state index contributed by atoms with van der Waals surface area (Å²) in [6.07, 6.45) is 0.534. The summed E-state index contributed by atoms with van der Waals surface area (Å²) >= 11 is 0. The average Bonchev–Trinajstić information content (AvgIpc) is 2.47. The van der Waals surface area contributed by atoms with E-state index in [2.05, 4.69) is 61.2 Å². The van der Waals surface area contributed by atoms with Gasteiger partial charge in [0.25, 0.3) is 0 Å². The van der Waals surface area contributed by atoms with Crippen LogP contribution in [0.5, 0.6) is 0 Å². The van der Waals surface area contributed by atoms with Gasteiger partial charge in [-0.15, -0.1) is 0 Å². The SMILES string of the molecule is C[C@@H]1CN(C(CN)c2ccc3ccccc3c2)C[C@H](C)O1. The van der Waals surface area contributed by atoms with Crippen LogP contribution in [0.15, 0.2) is 42.5 Å². The minimum atomic E-state index is 0.267. The number of benzene rings is 2. The molecule has 21 heavy (non-hydrogen) atoms. The normalized spacial score (nSPS) is 25.1. The largest absolute Gasteiger partial charge is 0.373 e. The summed E-state index contributed by atoms with van der Waals surface area (Å²) < 4.78 is 5.83. The topological polar surface area (TPSA) is 38.5 Å². The van der Waals surface area contributed by atoms with Crippen LogP contribution < -0.4 is 5.73 Å². The first-order chi connectivity index (χ1) is 10.2. The molecule has 1 fully saturated rings. The molecule has 3 heteroatoms. The molecule has 0 bridgehead atoms. The van der Waals surface area contributed by atoms with Crippen LogP contribution in [0.1, 0.15) is 25.5 Å². The van der Waals surface area contributed by atoms with Crippen molar-refractivity contribution in [3.05, 3.63) is 48.0 Å². The van der Waals surface area contributed by atoms with Gasteiger partial charge in [0.2, 0.25) is 0 Å². The van der Waals surface area contributed by atoms with Crippen LogP contribution >= 0.6 is 0 Å². The number of nitrogens with zero attached hydrogens (tertiary/aromatic N) is 1. The van der Waals surface area contributed by atoms with E-state index in [1.807, 2.05) is 0 Å². The first-order valence-corrected chi connectivity index (χ1v) is 7.75. The zero-order chi connectivity index (χ0) is 14.8. The molecule has 3 nitrogen and oxygen atoms in total. The van der Waals surface area contributed by atoms with Gasteiger partial charge in [0.05, 0.1) is 12.2 Å². The van der Waals surface area contributed by atoms with Gasteiger partial charge in [-0.05, 0) is 36.2 Å². The molecule has 112 valence electrons. The Hall–Kier alpha value is -1.42. The molecule has 1 unspecified atom stereocenters. The van der Waals surface area contributed by atoms with Crippen molar-refractivity contribution < 1.29 is 4.74 Å². The zero-order valence-corrected chi connectivity index (χ0v) is 12.8. The third kappa shape index (κ3) is 3.10. The highest BCUT2D eigenvalue weighted by atomic mass is 16.5. The van der Waals surface area contributed by atoms with Crippen LogP contribution in [0.4, 0.5) is 0 Å². The molecule has 0 aliphatic carbocycles. The van der Waals surface area contributed by atoms with E-state index in [9.17, 15) is 0 Å². The summed E-state index contributed by atoms with van der Waals surface area (Å²) in [4.78, 5) is 2.46. The van der Waals surface area contributed by atoms with Gasteiger partial charge >= 0.3 is 0 Å². The van der Waals surface area contributed by atoms with E-state index in [0.29, 0.717) is 6.54 Å². The third-order valence-electron chi connectivity index (χ3n) is 4.27. The van der Waals surface area contributed by atoms with Gasteiger partial charge in [-0.2, -0.15) is 0 Å². The van der Waals surface area contributed by atoms with E-state index >= 15 is 0 Å². The van der Waals surface area contributed by atoms with E-state index in [0.717, 1.165) is 13.1 Å².